The molecule has 0 unspecified atom stereocenters. The molecule has 2 rings (SSSR count). The molecule has 5 heteroatoms. The van der Waals surface area contributed by atoms with E-state index >= 15 is 0 Å². The number of rotatable bonds is 6. The minimum Gasteiger partial charge on any atom is -0.424 e. The van der Waals surface area contributed by atoms with E-state index in [0.717, 1.165) is 50.3 Å². The highest BCUT2D eigenvalue weighted by Crippen LogP contribution is 2.21. The number of nitrogens with one attached hydrogen (secondary N) is 1. The zero-order valence-electron chi connectivity index (χ0n) is 11.5. The summed E-state index contributed by atoms with van der Waals surface area (Å²) in [4.78, 5) is 2.42. The maximum atomic E-state index is 5.55. The van der Waals surface area contributed by atoms with Crippen LogP contribution in [0.3, 0.4) is 0 Å². The van der Waals surface area contributed by atoms with E-state index in [-0.39, 0.29) is 0 Å². The van der Waals surface area contributed by atoms with E-state index in [0.29, 0.717) is 0 Å². The van der Waals surface area contributed by atoms with Crippen molar-refractivity contribution in [3.8, 4) is 0 Å². The minimum absolute atomic E-state index is 0.744. The molecule has 1 aromatic rings. The Balaban J connectivity index is 1.73. The van der Waals surface area contributed by atoms with Crippen molar-refractivity contribution >= 4 is 0 Å². The molecule has 5 nitrogen and oxygen atoms in total. The highest BCUT2D eigenvalue weighted by atomic mass is 16.4. The highest BCUT2D eigenvalue weighted by molar-refractivity contribution is 4.83. The van der Waals surface area contributed by atoms with Gasteiger partial charge in [-0.25, -0.2) is 0 Å². The van der Waals surface area contributed by atoms with Crippen LogP contribution in [0.25, 0.3) is 0 Å². The summed E-state index contributed by atoms with van der Waals surface area (Å²) in [6.07, 6.45) is 4.69. The molecule has 2 heterocycles. The van der Waals surface area contributed by atoms with Crippen LogP contribution in [0.15, 0.2) is 4.42 Å². The van der Waals surface area contributed by atoms with Crippen molar-refractivity contribution in [2.75, 3.05) is 26.7 Å². The van der Waals surface area contributed by atoms with Gasteiger partial charge in [0.2, 0.25) is 11.8 Å². The molecule has 0 atom stereocenters. The fourth-order valence-corrected chi connectivity index (χ4v) is 2.47. The van der Waals surface area contributed by atoms with Crippen molar-refractivity contribution in [1.29, 1.82) is 0 Å². The number of aryl methyl sites for hydroxylation is 1. The van der Waals surface area contributed by atoms with Crippen LogP contribution in [0, 0.1) is 5.92 Å². The fourth-order valence-electron chi connectivity index (χ4n) is 2.47. The van der Waals surface area contributed by atoms with Crippen LogP contribution in [0.4, 0.5) is 0 Å². The first-order valence-corrected chi connectivity index (χ1v) is 7.00. The molecule has 18 heavy (non-hydrogen) atoms. The molecule has 1 fully saturated rings. The summed E-state index contributed by atoms with van der Waals surface area (Å²) >= 11 is 0. The SMILES string of the molecule is CCc1nnc(CN2CCC(CCNC)CC2)o1. The maximum Gasteiger partial charge on any atom is 0.230 e. The Bertz CT molecular complexity index is 345. The second-order valence-corrected chi connectivity index (χ2v) is 5.05. The van der Waals surface area contributed by atoms with Crippen molar-refractivity contribution in [3.63, 3.8) is 0 Å². The molecule has 0 saturated carbocycles. The van der Waals surface area contributed by atoms with Gasteiger partial charge in [0.1, 0.15) is 0 Å². The van der Waals surface area contributed by atoms with Gasteiger partial charge < -0.3 is 9.73 Å². The van der Waals surface area contributed by atoms with Crippen LogP contribution in [0.1, 0.15) is 38.0 Å². The van der Waals surface area contributed by atoms with Gasteiger partial charge in [0.25, 0.3) is 0 Å². The summed E-state index contributed by atoms with van der Waals surface area (Å²) in [5, 5.41) is 11.3. The molecule has 1 saturated heterocycles. The van der Waals surface area contributed by atoms with E-state index in [1.54, 1.807) is 0 Å². The van der Waals surface area contributed by atoms with Crippen molar-refractivity contribution in [2.45, 2.75) is 39.2 Å². The zero-order valence-corrected chi connectivity index (χ0v) is 11.5. The molecular formula is C13H24N4O. The smallest absolute Gasteiger partial charge is 0.230 e. The largest absolute Gasteiger partial charge is 0.424 e. The standard InChI is InChI=1S/C13H24N4O/c1-3-12-15-16-13(18-12)10-17-8-5-11(6-9-17)4-7-14-2/h11,14H,3-10H2,1-2H3. The number of piperidine rings is 1. The molecule has 102 valence electrons. The molecule has 1 N–H and O–H groups in total. The Morgan fingerprint density at radius 3 is 2.61 bits per heavy atom. The van der Waals surface area contributed by atoms with E-state index in [2.05, 4.69) is 20.4 Å². The van der Waals surface area contributed by atoms with Crippen LogP contribution in [0.2, 0.25) is 0 Å². The number of aromatic nitrogens is 2. The first kappa shape index (κ1) is 13.5. The third-order valence-corrected chi connectivity index (χ3v) is 3.68. The lowest BCUT2D eigenvalue weighted by molar-refractivity contribution is 0.159. The number of hydrogen-bond acceptors (Lipinski definition) is 5. The normalized spacial score (nSPS) is 18.3. The van der Waals surface area contributed by atoms with E-state index in [1.807, 2.05) is 14.0 Å². The van der Waals surface area contributed by atoms with Crippen LogP contribution in [-0.4, -0.2) is 41.8 Å². The summed E-state index contributed by atoms with van der Waals surface area (Å²) in [7, 11) is 2.02. The van der Waals surface area contributed by atoms with Crippen LogP contribution >= 0.6 is 0 Å². The van der Waals surface area contributed by atoms with Gasteiger partial charge in [-0.3, -0.25) is 4.90 Å². The average Bonchev–Trinajstić information content (AvgIpc) is 2.86. The Kier molecular flexibility index (Phi) is 5.13. The maximum absolute atomic E-state index is 5.55. The summed E-state index contributed by atoms with van der Waals surface area (Å²) in [6.45, 7) is 6.28. The lowest BCUT2D eigenvalue weighted by Crippen LogP contribution is -2.34. The molecule has 1 aliphatic rings. The lowest BCUT2D eigenvalue weighted by atomic mass is 9.93. The lowest BCUT2D eigenvalue weighted by Gasteiger charge is -2.30. The van der Waals surface area contributed by atoms with E-state index in [1.165, 1.54) is 19.3 Å². The first-order valence-electron chi connectivity index (χ1n) is 7.00. The fraction of sp³-hybridized carbons (Fsp3) is 0.846. The van der Waals surface area contributed by atoms with E-state index in [4.69, 9.17) is 4.42 Å². The molecule has 0 radical (unpaired) electrons. The Labute approximate surface area is 109 Å². The highest BCUT2D eigenvalue weighted by Gasteiger charge is 2.20. The average molecular weight is 252 g/mol. The first-order chi connectivity index (χ1) is 8.81. The second kappa shape index (κ2) is 6.85. The number of likely N-dealkylation sites (tertiary alicyclic amines) is 1. The number of hydrogen-bond donors (Lipinski definition) is 1. The van der Waals surface area contributed by atoms with Gasteiger partial charge in [0, 0.05) is 6.42 Å². The van der Waals surface area contributed by atoms with Gasteiger partial charge in [0.15, 0.2) is 0 Å². The molecule has 0 spiro atoms. The topological polar surface area (TPSA) is 54.2 Å². The van der Waals surface area contributed by atoms with Gasteiger partial charge in [-0.1, -0.05) is 6.92 Å². The molecule has 0 aromatic carbocycles. The monoisotopic (exact) mass is 252 g/mol. The van der Waals surface area contributed by atoms with Crippen molar-refractivity contribution in [2.24, 2.45) is 5.92 Å². The van der Waals surface area contributed by atoms with Crippen molar-refractivity contribution < 1.29 is 4.42 Å². The summed E-state index contributed by atoms with van der Waals surface area (Å²) < 4.78 is 5.55. The van der Waals surface area contributed by atoms with Gasteiger partial charge in [0.05, 0.1) is 6.54 Å². The third kappa shape index (κ3) is 3.78. The Morgan fingerprint density at radius 2 is 2.00 bits per heavy atom. The van der Waals surface area contributed by atoms with E-state index < -0.39 is 0 Å². The van der Waals surface area contributed by atoms with E-state index in [9.17, 15) is 0 Å². The number of nitrogens with zero attached hydrogens (tertiary/aromatic N) is 3. The zero-order chi connectivity index (χ0) is 12.8. The Hall–Kier alpha value is -0.940. The quantitative estimate of drug-likeness (QED) is 0.830. The van der Waals surface area contributed by atoms with Crippen LogP contribution in [0.5, 0.6) is 0 Å². The minimum atomic E-state index is 0.744. The molecule has 1 aliphatic heterocycles. The van der Waals surface area contributed by atoms with Crippen molar-refractivity contribution in [3.05, 3.63) is 11.8 Å². The third-order valence-electron chi connectivity index (χ3n) is 3.68. The predicted molar refractivity (Wildman–Crippen MR) is 70.2 cm³/mol. The van der Waals surface area contributed by atoms with Crippen LogP contribution < -0.4 is 5.32 Å². The van der Waals surface area contributed by atoms with Gasteiger partial charge in [-0.15, -0.1) is 10.2 Å². The molecule has 1 aromatic heterocycles. The van der Waals surface area contributed by atoms with Crippen LogP contribution in [-0.2, 0) is 13.0 Å². The second-order valence-electron chi connectivity index (χ2n) is 5.05. The van der Waals surface area contributed by atoms with Gasteiger partial charge >= 0.3 is 0 Å². The summed E-state index contributed by atoms with van der Waals surface area (Å²) in [5.74, 6) is 2.39. The van der Waals surface area contributed by atoms with Crippen molar-refractivity contribution in [1.82, 2.24) is 20.4 Å². The molecular weight excluding hydrogens is 228 g/mol. The molecule has 0 amide bonds. The van der Waals surface area contributed by atoms with Gasteiger partial charge in [-0.05, 0) is 51.9 Å². The predicted octanol–water partition coefficient (Wildman–Crippen LogP) is 1.45. The summed E-state index contributed by atoms with van der Waals surface area (Å²) in [5.41, 5.74) is 0. The molecule has 0 aliphatic carbocycles. The van der Waals surface area contributed by atoms with Gasteiger partial charge in [-0.2, -0.15) is 0 Å². The summed E-state index contributed by atoms with van der Waals surface area (Å²) in [6, 6.07) is 0. The molecule has 0 bridgehead atoms. The Morgan fingerprint density at radius 1 is 1.28 bits per heavy atom.